The summed E-state index contributed by atoms with van der Waals surface area (Å²) >= 11 is 0. The van der Waals surface area contributed by atoms with E-state index in [1.165, 1.54) is 4.57 Å². The smallest absolute Gasteiger partial charge is 0.300 e. The number of nitrogens with zero attached hydrogens (tertiary/aromatic N) is 1. The molecule has 0 bridgehead atoms. The number of aryl methyl sites for hydroxylation is 3. The molecule has 0 spiro atoms. The van der Waals surface area contributed by atoms with Crippen molar-refractivity contribution in [2.75, 3.05) is 17.2 Å². The minimum Gasteiger partial charge on any atom is -0.456 e. The van der Waals surface area contributed by atoms with Gasteiger partial charge in [0.1, 0.15) is 23.2 Å². The molecule has 1 aromatic heterocycles. The highest BCUT2D eigenvalue weighted by Crippen LogP contribution is 2.38. The third kappa shape index (κ3) is 5.94. The molecule has 3 aromatic rings. The molecule has 0 saturated heterocycles. The van der Waals surface area contributed by atoms with Gasteiger partial charge in [0, 0.05) is 36.6 Å². The number of aromatic nitrogens is 1. The second-order valence-electron chi connectivity index (χ2n) is 8.45. The number of likely N-dealkylation sites (N-methyl/N-ethyl adjacent to an activating group) is 1. The second kappa shape index (κ2) is 11.3. The Morgan fingerprint density at radius 2 is 1.83 bits per heavy atom. The molecule has 1 heterocycles. The average molecular weight is 487 g/mol. The molecule has 1 atom stereocenters. The zero-order valence-electron chi connectivity index (χ0n) is 21.1. The first kappa shape index (κ1) is 26.1. The Morgan fingerprint density at radius 1 is 1.14 bits per heavy atom. The lowest BCUT2D eigenvalue weighted by molar-refractivity contribution is -0.121. The van der Waals surface area contributed by atoms with Gasteiger partial charge in [-0.1, -0.05) is 18.2 Å². The van der Waals surface area contributed by atoms with Crippen molar-refractivity contribution in [1.29, 1.82) is 0 Å². The third-order valence-electron chi connectivity index (χ3n) is 5.60. The minimum atomic E-state index is -0.625. The van der Waals surface area contributed by atoms with E-state index >= 15 is 0 Å². The summed E-state index contributed by atoms with van der Waals surface area (Å²) in [6, 6.07) is 12.1. The average Bonchev–Trinajstić information content (AvgIpc) is 2.84. The van der Waals surface area contributed by atoms with Crippen molar-refractivity contribution in [2.45, 2.75) is 33.7 Å². The second-order valence-corrected chi connectivity index (χ2v) is 8.45. The van der Waals surface area contributed by atoms with E-state index in [2.05, 4.69) is 16.0 Å². The van der Waals surface area contributed by atoms with Crippen LogP contribution in [0.1, 0.15) is 25.0 Å². The molecule has 3 rings (SSSR count). The lowest BCUT2D eigenvalue weighted by Crippen LogP contribution is -2.39. The molecule has 2 aromatic carbocycles. The van der Waals surface area contributed by atoms with Crippen molar-refractivity contribution < 1.29 is 14.3 Å². The van der Waals surface area contributed by atoms with Gasteiger partial charge >= 0.3 is 0 Å². The molecular weight excluding hydrogens is 456 g/mol. The number of nitrogens with one attached hydrogen (secondary N) is 3. The van der Waals surface area contributed by atoms with E-state index in [9.17, 15) is 14.4 Å². The molecule has 8 nitrogen and oxygen atoms in total. The molecule has 36 heavy (non-hydrogen) atoms. The summed E-state index contributed by atoms with van der Waals surface area (Å²) in [7, 11) is 1.63. The first-order valence-electron chi connectivity index (χ1n) is 11.6. The number of carbonyl (C=O) groups excluding carboxylic acids is 2. The Hall–Kier alpha value is -4.51. The van der Waals surface area contributed by atoms with E-state index in [-0.39, 0.29) is 17.2 Å². The number of anilines is 2. The number of benzene rings is 2. The molecule has 0 unspecified atom stereocenters. The van der Waals surface area contributed by atoms with Crippen molar-refractivity contribution in [3.63, 3.8) is 0 Å². The molecule has 0 radical (unpaired) electrons. The Kier molecular flexibility index (Phi) is 8.18. The lowest BCUT2D eigenvalue weighted by Gasteiger charge is -2.19. The first-order valence-corrected chi connectivity index (χ1v) is 11.6. The van der Waals surface area contributed by atoms with Crippen LogP contribution >= 0.6 is 0 Å². The quantitative estimate of drug-likeness (QED) is 0.418. The molecule has 186 valence electrons. The highest BCUT2D eigenvalue weighted by molar-refractivity contribution is 6.04. The van der Waals surface area contributed by atoms with E-state index in [0.29, 0.717) is 34.9 Å². The van der Waals surface area contributed by atoms with Gasteiger partial charge in [-0.2, -0.15) is 0 Å². The van der Waals surface area contributed by atoms with Crippen LogP contribution in [0.25, 0.3) is 11.1 Å². The molecule has 0 saturated carbocycles. The van der Waals surface area contributed by atoms with Gasteiger partial charge in [0.25, 0.3) is 11.5 Å². The minimum absolute atomic E-state index is 0.219. The number of rotatable bonds is 8. The summed E-state index contributed by atoms with van der Waals surface area (Å²) < 4.78 is 7.78. The zero-order chi connectivity index (χ0) is 26.4. The van der Waals surface area contributed by atoms with Gasteiger partial charge in [-0.25, -0.2) is 0 Å². The predicted octanol–water partition coefficient (Wildman–Crippen LogP) is 3.97. The van der Waals surface area contributed by atoms with Gasteiger partial charge in [0.05, 0.1) is 0 Å². The number of terminal acetylenes is 1. The van der Waals surface area contributed by atoms with Gasteiger partial charge in [0.2, 0.25) is 5.91 Å². The SMILES string of the molecule is C#CC(=O)Nc1ccc(Oc2c(C)cccc2C)c(-c2cc(N[C@H](C)C(=O)NCC)c(=O)n(C)c2)c1. The van der Waals surface area contributed by atoms with E-state index in [1.807, 2.05) is 44.9 Å². The topological polar surface area (TPSA) is 101 Å². The van der Waals surface area contributed by atoms with Gasteiger partial charge in [0.15, 0.2) is 0 Å². The van der Waals surface area contributed by atoms with Crippen LogP contribution < -0.4 is 26.2 Å². The fourth-order valence-corrected chi connectivity index (χ4v) is 3.75. The van der Waals surface area contributed by atoms with Crippen LogP contribution in [0.2, 0.25) is 0 Å². The van der Waals surface area contributed by atoms with Gasteiger partial charge < -0.3 is 25.3 Å². The Balaban J connectivity index is 2.13. The largest absolute Gasteiger partial charge is 0.456 e. The molecule has 0 fully saturated rings. The lowest BCUT2D eigenvalue weighted by atomic mass is 10.0. The fourth-order valence-electron chi connectivity index (χ4n) is 3.75. The summed E-state index contributed by atoms with van der Waals surface area (Å²) in [5.74, 6) is 2.47. The van der Waals surface area contributed by atoms with Crippen LogP contribution in [0, 0.1) is 26.2 Å². The van der Waals surface area contributed by atoms with Crippen LogP contribution in [0.15, 0.2) is 53.5 Å². The predicted molar refractivity (Wildman–Crippen MR) is 142 cm³/mol. The normalized spacial score (nSPS) is 11.2. The number of amides is 2. The monoisotopic (exact) mass is 486 g/mol. The number of hydrogen-bond acceptors (Lipinski definition) is 5. The highest BCUT2D eigenvalue weighted by Gasteiger charge is 2.18. The number of ether oxygens (including phenoxy) is 1. The van der Waals surface area contributed by atoms with Crippen LogP contribution in [0.5, 0.6) is 11.5 Å². The Bertz CT molecular complexity index is 1380. The maximum Gasteiger partial charge on any atom is 0.300 e. The van der Waals surface area contributed by atoms with Crippen molar-refractivity contribution in [3.8, 4) is 35.0 Å². The number of hydrogen-bond donors (Lipinski definition) is 3. The van der Waals surface area contributed by atoms with Gasteiger partial charge in [-0.05, 0) is 69.0 Å². The molecule has 0 aliphatic heterocycles. The van der Waals surface area contributed by atoms with Crippen molar-refractivity contribution in [2.24, 2.45) is 7.05 Å². The fraction of sp³-hybridized carbons (Fsp3) is 0.250. The molecule has 8 heteroatoms. The number of pyridine rings is 1. The van der Waals surface area contributed by atoms with Crippen LogP contribution in [0.4, 0.5) is 11.4 Å². The van der Waals surface area contributed by atoms with E-state index in [4.69, 9.17) is 11.2 Å². The molecule has 2 amide bonds. The van der Waals surface area contributed by atoms with E-state index < -0.39 is 11.9 Å². The van der Waals surface area contributed by atoms with E-state index in [1.54, 1.807) is 44.4 Å². The molecule has 0 aliphatic rings. The van der Waals surface area contributed by atoms with Gasteiger partial charge in [-0.15, -0.1) is 6.42 Å². The van der Waals surface area contributed by atoms with Crippen LogP contribution in [0.3, 0.4) is 0 Å². The van der Waals surface area contributed by atoms with Crippen LogP contribution in [-0.4, -0.2) is 29.0 Å². The summed E-state index contributed by atoms with van der Waals surface area (Å²) in [5.41, 5.74) is 3.63. The van der Waals surface area contributed by atoms with Crippen molar-refractivity contribution in [1.82, 2.24) is 9.88 Å². The summed E-state index contributed by atoms with van der Waals surface area (Å²) in [6.07, 6.45) is 6.89. The summed E-state index contributed by atoms with van der Waals surface area (Å²) in [5, 5.41) is 8.39. The van der Waals surface area contributed by atoms with Gasteiger partial charge in [-0.3, -0.25) is 14.4 Å². The molecule has 3 N–H and O–H groups in total. The maximum atomic E-state index is 12.8. The molecule has 0 aliphatic carbocycles. The summed E-state index contributed by atoms with van der Waals surface area (Å²) in [4.78, 5) is 36.9. The summed E-state index contributed by atoms with van der Waals surface area (Å²) in [6.45, 7) is 7.91. The van der Waals surface area contributed by atoms with Crippen molar-refractivity contribution >= 4 is 23.2 Å². The number of para-hydroxylation sites is 1. The third-order valence-corrected chi connectivity index (χ3v) is 5.60. The Morgan fingerprint density at radius 3 is 2.47 bits per heavy atom. The first-order chi connectivity index (χ1) is 17.1. The molecular formula is C28H30N4O4. The van der Waals surface area contributed by atoms with Crippen molar-refractivity contribution in [3.05, 3.63) is 70.1 Å². The maximum absolute atomic E-state index is 12.8. The Labute approximate surface area is 210 Å². The number of carbonyl (C=O) groups is 2. The van der Waals surface area contributed by atoms with E-state index in [0.717, 1.165) is 11.1 Å². The zero-order valence-corrected chi connectivity index (χ0v) is 21.1. The standard InChI is InChI=1S/C28H30N4O4/c1-7-25(33)31-21-12-13-24(36-26-17(3)10-9-11-18(26)4)22(15-21)20-14-23(28(35)32(6)16-20)30-19(5)27(34)29-8-2/h1,9-16,19,30H,8H2,2-6H3,(H,29,34)(H,31,33)/t19-/m1/s1. The highest BCUT2D eigenvalue weighted by atomic mass is 16.5. The van der Waals surface area contributed by atoms with Crippen LogP contribution in [-0.2, 0) is 16.6 Å².